The summed E-state index contributed by atoms with van der Waals surface area (Å²) in [6.45, 7) is 9.37. The average molecular weight is 283 g/mol. The molecular weight excluding hydrogens is 258 g/mol. The molecule has 2 atom stereocenters. The van der Waals surface area contributed by atoms with Crippen molar-refractivity contribution < 1.29 is 19.1 Å². The first-order valence-electron chi connectivity index (χ1n) is 6.90. The Morgan fingerprint density at radius 2 is 1.80 bits per heavy atom. The van der Waals surface area contributed by atoms with Crippen molar-refractivity contribution in [1.29, 1.82) is 0 Å². The predicted molar refractivity (Wildman–Crippen MR) is 76.3 cm³/mol. The maximum absolute atomic E-state index is 12.4. The average Bonchev–Trinajstić information content (AvgIpc) is 2.68. The minimum Gasteiger partial charge on any atom is -0.467 e. The van der Waals surface area contributed by atoms with E-state index in [-0.39, 0.29) is 12.0 Å². The van der Waals surface area contributed by atoms with E-state index in [4.69, 9.17) is 9.47 Å². The second-order valence-corrected chi connectivity index (χ2v) is 6.32. The van der Waals surface area contributed by atoms with Gasteiger partial charge in [0.15, 0.2) is 0 Å². The van der Waals surface area contributed by atoms with Gasteiger partial charge < -0.3 is 9.47 Å². The number of carbonyl (C=O) groups is 2. The van der Waals surface area contributed by atoms with Crippen LogP contribution in [-0.2, 0) is 14.3 Å². The highest BCUT2D eigenvalue weighted by atomic mass is 16.6. The first kappa shape index (κ1) is 16.5. The number of ether oxygens (including phenoxy) is 2. The lowest BCUT2D eigenvalue weighted by Crippen LogP contribution is -2.47. The van der Waals surface area contributed by atoms with Gasteiger partial charge in [0.25, 0.3) is 0 Å². The Balaban J connectivity index is 2.98. The van der Waals surface area contributed by atoms with Crippen molar-refractivity contribution in [1.82, 2.24) is 4.90 Å². The highest BCUT2D eigenvalue weighted by Gasteiger charge is 2.42. The van der Waals surface area contributed by atoms with Crippen molar-refractivity contribution in [2.45, 2.75) is 65.1 Å². The molecule has 0 unspecified atom stereocenters. The maximum atomic E-state index is 12.4. The van der Waals surface area contributed by atoms with Crippen molar-refractivity contribution in [3.8, 4) is 0 Å². The van der Waals surface area contributed by atoms with E-state index >= 15 is 0 Å². The zero-order valence-electron chi connectivity index (χ0n) is 13.2. The summed E-state index contributed by atoms with van der Waals surface area (Å²) in [4.78, 5) is 25.7. The molecule has 1 heterocycles. The molecule has 0 radical (unpaired) electrons. The predicted octanol–water partition coefficient (Wildman–Crippen LogP) is 2.89. The van der Waals surface area contributed by atoms with Crippen molar-refractivity contribution in [2.24, 2.45) is 0 Å². The molecule has 0 aromatic rings. The number of methoxy groups -OCH3 is 1. The zero-order chi connectivity index (χ0) is 15.5. The third kappa shape index (κ3) is 4.25. The highest BCUT2D eigenvalue weighted by molar-refractivity contribution is 5.82. The SMILES string of the molecule is COC(=O)[C@@H]1CC[C@@H](C=C(C)C)N1C(=O)OC(C)(C)C. The van der Waals surface area contributed by atoms with Gasteiger partial charge in [-0.2, -0.15) is 0 Å². The first-order chi connectivity index (χ1) is 9.15. The van der Waals surface area contributed by atoms with Crippen LogP contribution in [0.4, 0.5) is 4.79 Å². The molecule has 0 bridgehead atoms. The Kier molecular flexibility index (Phi) is 5.20. The van der Waals surface area contributed by atoms with Gasteiger partial charge in [0.05, 0.1) is 13.2 Å². The van der Waals surface area contributed by atoms with Gasteiger partial charge in [-0.05, 0) is 47.5 Å². The molecule has 0 N–H and O–H groups in total. The molecule has 0 saturated carbocycles. The molecule has 0 aliphatic carbocycles. The van der Waals surface area contributed by atoms with E-state index in [1.807, 2.05) is 40.7 Å². The van der Waals surface area contributed by atoms with Crippen LogP contribution in [-0.4, -0.2) is 41.8 Å². The summed E-state index contributed by atoms with van der Waals surface area (Å²) in [6, 6.07) is -0.672. The van der Waals surface area contributed by atoms with E-state index in [2.05, 4.69) is 0 Å². The number of amides is 1. The Morgan fingerprint density at radius 1 is 1.20 bits per heavy atom. The number of hydrogen-bond acceptors (Lipinski definition) is 4. The van der Waals surface area contributed by atoms with Gasteiger partial charge in [-0.3, -0.25) is 4.90 Å². The first-order valence-corrected chi connectivity index (χ1v) is 6.90. The van der Waals surface area contributed by atoms with Crippen LogP contribution < -0.4 is 0 Å². The standard InChI is InChI=1S/C15H25NO4/c1-10(2)9-11-7-8-12(13(17)19-6)16(11)14(18)20-15(3,4)5/h9,11-12H,7-8H2,1-6H3/t11-,12-/m0/s1. The minimum absolute atomic E-state index is 0.112. The summed E-state index contributed by atoms with van der Waals surface area (Å²) in [5.74, 6) is -0.388. The number of carbonyl (C=O) groups excluding carboxylic acids is 2. The van der Waals surface area contributed by atoms with Crippen LogP contribution >= 0.6 is 0 Å². The van der Waals surface area contributed by atoms with Gasteiger partial charge in [-0.25, -0.2) is 9.59 Å². The zero-order valence-corrected chi connectivity index (χ0v) is 13.2. The van der Waals surface area contributed by atoms with E-state index in [1.54, 1.807) is 0 Å². The Labute approximate surface area is 120 Å². The van der Waals surface area contributed by atoms with Crippen molar-refractivity contribution in [3.63, 3.8) is 0 Å². The van der Waals surface area contributed by atoms with Gasteiger partial charge in [0, 0.05) is 0 Å². The second-order valence-electron chi connectivity index (χ2n) is 6.32. The van der Waals surface area contributed by atoms with Gasteiger partial charge in [0.1, 0.15) is 11.6 Å². The third-order valence-electron chi connectivity index (χ3n) is 3.03. The van der Waals surface area contributed by atoms with Gasteiger partial charge in [-0.15, -0.1) is 0 Å². The molecule has 5 nitrogen and oxygen atoms in total. The van der Waals surface area contributed by atoms with Crippen LogP contribution in [0.15, 0.2) is 11.6 Å². The van der Waals surface area contributed by atoms with Crippen LogP contribution in [0.2, 0.25) is 0 Å². The molecule has 1 aliphatic rings. The molecule has 0 aromatic carbocycles. The van der Waals surface area contributed by atoms with Crippen LogP contribution in [0.3, 0.4) is 0 Å². The summed E-state index contributed by atoms with van der Waals surface area (Å²) < 4.78 is 10.2. The largest absolute Gasteiger partial charge is 0.467 e. The fraction of sp³-hybridized carbons (Fsp3) is 0.733. The number of nitrogens with zero attached hydrogens (tertiary/aromatic N) is 1. The van der Waals surface area contributed by atoms with Crippen LogP contribution in [0.1, 0.15) is 47.5 Å². The molecule has 0 aromatic heterocycles. The van der Waals surface area contributed by atoms with Crippen LogP contribution in [0.5, 0.6) is 0 Å². The summed E-state index contributed by atoms with van der Waals surface area (Å²) in [7, 11) is 1.34. The monoisotopic (exact) mass is 283 g/mol. The normalized spacial score (nSPS) is 22.4. The van der Waals surface area contributed by atoms with Crippen molar-refractivity contribution >= 4 is 12.1 Å². The van der Waals surface area contributed by atoms with E-state index in [9.17, 15) is 9.59 Å². The lowest BCUT2D eigenvalue weighted by atomic mass is 10.1. The Hall–Kier alpha value is -1.52. The lowest BCUT2D eigenvalue weighted by Gasteiger charge is -2.30. The molecule has 0 spiro atoms. The number of allylic oxidation sites excluding steroid dienone is 1. The summed E-state index contributed by atoms with van der Waals surface area (Å²) >= 11 is 0. The van der Waals surface area contributed by atoms with E-state index in [0.717, 1.165) is 12.0 Å². The molecule has 5 heteroatoms. The number of esters is 1. The smallest absolute Gasteiger partial charge is 0.411 e. The molecule has 1 rings (SSSR count). The van der Waals surface area contributed by atoms with Gasteiger partial charge in [-0.1, -0.05) is 11.6 Å². The van der Waals surface area contributed by atoms with E-state index in [0.29, 0.717) is 6.42 Å². The molecular formula is C15H25NO4. The number of hydrogen-bond donors (Lipinski definition) is 0. The summed E-state index contributed by atoms with van der Waals surface area (Å²) in [6.07, 6.45) is 2.87. The topological polar surface area (TPSA) is 55.8 Å². The maximum Gasteiger partial charge on any atom is 0.411 e. The van der Waals surface area contributed by atoms with Gasteiger partial charge in [0.2, 0.25) is 0 Å². The highest BCUT2D eigenvalue weighted by Crippen LogP contribution is 2.28. The minimum atomic E-state index is -0.587. The second kappa shape index (κ2) is 6.29. The molecule has 20 heavy (non-hydrogen) atoms. The third-order valence-corrected chi connectivity index (χ3v) is 3.03. The molecule has 1 aliphatic heterocycles. The number of likely N-dealkylation sites (tertiary alicyclic amines) is 1. The van der Waals surface area contributed by atoms with Crippen LogP contribution in [0, 0.1) is 0 Å². The molecule has 1 saturated heterocycles. The molecule has 114 valence electrons. The Morgan fingerprint density at radius 3 is 2.25 bits per heavy atom. The van der Waals surface area contributed by atoms with Crippen molar-refractivity contribution in [3.05, 3.63) is 11.6 Å². The fourth-order valence-corrected chi connectivity index (χ4v) is 2.33. The Bertz CT molecular complexity index is 405. The fourth-order valence-electron chi connectivity index (χ4n) is 2.33. The van der Waals surface area contributed by atoms with Crippen molar-refractivity contribution in [2.75, 3.05) is 7.11 Å². The van der Waals surface area contributed by atoms with Crippen LogP contribution in [0.25, 0.3) is 0 Å². The van der Waals surface area contributed by atoms with Gasteiger partial charge >= 0.3 is 12.1 Å². The molecule has 1 fully saturated rings. The summed E-state index contributed by atoms with van der Waals surface area (Å²) in [5.41, 5.74) is 0.518. The summed E-state index contributed by atoms with van der Waals surface area (Å²) in [5, 5.41) is 0. The lowest BCUT2D eigenvalue weighted by molar-refractivity contribution is -0.146. The quantitative estimate of drug-likeness (QED) is 0.577. The van der Waals surface area contributed by atoms with E-state index < -0.39 is 17.7 Å². The molecule has 1 amide bonds. The number of rotatable bonds is 2. The van der Waals surface area contributed by atoms with E-state index in [1.165, 1.54) is 12.0 Å².